The van der Waals surface area contributed by atoms with Gasteiger partial charge in [-0.2, -0.15) is 0 Å². The molecule has 23 heavy (non-hydrogen) atoms. The van der Waals surface area contributed by atoms with Gasteiger partial charge in [0.25, 0.3) is 0 Å². The van der Waals surface area contributed by atoms with Gasteiger partial charge in [-0.05, 0) is 39.3 Å². The molecule has 1 aromatic rings. The van der Waals surface area contributed by atoms with Crippen LogP contribution in [0.15, 0.2) is 30.3 Å². The van der Waals surface area contributed by atoms with Crippen LogP contribution >= 0.6 is 0 Å². The smallest absolute Gasteiger partial charge is 0.407 e. The van der Waals surface area contributed by atoms with Crippen LogP contribution in [0.4, 0.5) is 4.79 Å². The van der Waals surface area contributed by atoms with Gasteiger partial charge in [-0.25, -0.2) is 4.79 Å². The van der Waals surface area contributed by atoms with E-state index in [0.29, 0.717) is 19.4 Å². The van der Waals surface area contributed by atoms with Crippen molar-refractivity contribution in [3.63, 3.8) is 0 Å². The standard InChI is InChI=1S/C17H26N2O4/c1-17(2,12-18-3)23-16(22)19-14(11-15(20)21)10-9-13-7-5-4-6-8-13/h4-8,14,18H,9-12H2,1-3H3,(H,19,22)(H,20,21). The lowest BCUT2D eigenvalue weighted by molar-refractivity contribution is -0.137. The normalized spacial score (nSPS) is 12.5. The number of hydrogen-bond donors (Lipinski definition) is 3. The number of amides is 1. The van der Waals surface area contributed by atoms with Crippen molar-refractivity contribution in [2.75, 3.05) is 13.6 Å². The first-order valence-corrected chi connectivity index (χ1v) is 7.72. The molecule has 1 amide bonds. The SMILES string of the molecule is CNCC(C)(C)OC(=O)NC(CCc1ccccc1)CC(=O)O. The first kappa shape index (κ1) is 19.0. The number of likely N-dealkylation sites (N-methyl/N-ethyl adjacent to an activating group) is 1. The number of nitrogens with one attached hydrogen (secondary N) is 2. The number of benzene rings is 1. The highest BCUT2D eigenvalue weighted by Crippen LogP contribution is 2.11. The van der Waals surface area contributed by atoms with E-state index in [4.69, 9.17) is 9.84 Å². The molecule has 0 bridgehead atoms. The largest absolute Gasteiger partial charge is 0.481 e. The summed E-state index contributed by atoms with van der Waals surface area (Å²) in [5, 5.41) is 14.6. The molecule has 1 aromatic carbocycles. The third-order valence-electron chi connectivity index (χ3n) is 3.34. The van der Waals surface area contributed by atoms with Crippen LogP contribution in [0.1, 0.15) is 32.3 Å². The van der Waals surface area contributed by atoms with Crippen molar-refractivity contribution in [3.8, 4) is 0 Å². The van der Waals surface area contributed by atoms with Crippen LogP contribution in [0.5, 0.6) is 0 Å². The maximum Gasteiger partial charge on any atom is 0.407 e. The molecule has 128 valence electrons. The third-order valence-corrected chi connectivity index (χ3v) is 3.34. The van der Waals surface area contributed by atoms with Gasteiger partial charge in [0.05, 0.1) is 6.42 Å². The summed E-state index contributed by atoms with van der Waals surface area (Å²) in [6, 6.07) is 9.29. The van der Waals surface area contributed by atoms with Gasteiger partial charge in [-0.1, -0.05) is 30.3 Å². The van der Waals surface area contributed by atoms with Gasteiger partial charge < -0.3 is 20.5 Å². The molecule has 3 N–H and O–H groups in total. The van der Waals surface area contributed by atoms with Crippen LogP contribution in [-0.2, 0) is 16.0 Å². The van der Waals surface area contributed by atoms with E-state index in [-0.39, 0.29) is 6.42 Å². The van der Waals surface area contributed by atoms with Gasteiger partial charge in [0, 0.05) is 12.6 Å². The Hall–Kier alpha value is -2.08. The zero-order chi connectivity index (χ0) is 17.3. The summed E-state index contributed by atoms with van der Waals surface area (Å²) in [5.74, 6) is -0.946. The molecule has 0 aliphatic carbocycles. The Bertz CT molecular complexity index is 503. The van der Waals surface area contributed by atoms with Gasteiger partial charge in [0.1, 0.15) is 5.60 Å². The van der Waals surface area contributed by atoms with E-state index in [0.717, 1.165) is 5.56 Å². The second-order valence-electron chi connectivity index (χ2n) is 6.14. The maximum absolute atomic E-state index is 12.0. The summed E-state index contributed by atoms with van der Waals surface area (Å²) < 4.78 is 5.34. The van der Waals surface area contributed by atoms with Gasteiger partial charge in [-0.3, -0.25) is 4.79 Å². The molecule has 0 aromatic heterocycles. The summed E-state index contributed by atoms with van der Waals surface area (Å²) in [6.07, 6.45) is 0.509. The average Bonchev–Trinajstić information content (AvgIpc) is 2.44. The first-order valence-electron chi connectivity index (χ1n) is 7.72. The zero-order valence-electron chi connectivity index (χ0n) is 14.0. The summed E-state index contributed by atoms with van der Waals surface area (Å²) in [4.78, 5) is 23.0. The molecule has 6 nitrogen and oxygen atoms in total. The molecule has 0 aliphatic heterocycles. The molecule has 1 rings (SSSR count). The number of carbonyl (C=O) groups excluding carboxylic acids is 1. The molecule has 0 saturated carbocycles. The van der Waals surface area contributed by atoms with Crippen LogP contribution in [0.25, 0.3) is 0 Å². The number of hydrogen-bond acceptors (Lipinski definition) is 4. The molecule has 0 radical (unpaired) electrons. The Kier molecular flexibility index (Phi) is 7.54. The molecule has 1 unspecified atom stereocenters. The van der Waals surface area contributed by atoms with E-state index in [1.165, 1.54) is 0 Å². The van der Waals surface area contributed by atoms with Crippen LogP contribution < -0.4 is 10.6 Å². The minimum absolute atomic E-state index is 0.131. The van der Waals surface area contributed by atoms with Gasteiger partial charge in [-0.15, -0.1) is 0 Å². The third kappa shape index (κ3) is 8.21. The second kappa shape index (κ2) is 9.15. The van der Waals surface area contributed by atoms with Crippen molar-refractivity contribution in [2.24, 2.45) is 0 Å². The number of carboxylic acids is 1. The Balaban J connectivity index is 2.56. The minimum Gasteiger partial charge on any atom is -0.481 e. The lowest BCUT2D eigenvalue weighted by atomic mass is 10.0. The number of aryl methyl sites for hydroxylation is 1. The van der Waals surface area contributed by atoms with Crippen LogP contribution in [0.3, 0.4) is 0 Å². The molecule has 0 aliphatic rings. The quantitative estimate of drug-likeness (QED) is 0.648. The Morgan fingerprint density at radius 3 is 2.48 bits per heavy atom. The van der Waals surface area contributed by atoms with E-state index < -0.39 is 23.7 Å². The fraction of sp³-hybridized carbons (Fsp3) is 0.529. The number of aliphatic carboxylic acids is 1. The molecule has 1 atom stereocenters. The summed E-state index contributed by atoms with van der Waals surface area (Å²) in [5.41, 5.74) is 0.444. The van der Waals surface area contributed by atoms with Gasteiger partial charge >= 0.3 is 12.1 Å². The minimum atomic E-state index is -0.946. The monoisotopic (exact) mass is 322 g/mol. The van der Waals surface area contributed by atoms with Crippen LogP contribution in [0, 0.1) is 0 Å². The number of ether oxygens (including phenoxy) is 1. The topological polar surface area (TPSA) is 87.7 Å². The van der Waals surface area contributed by atoms with Crippen molar-refractivity contribution in [1.82, 2.24) is 10.6 Å². The zero-order valence-corrected chi connectivity index (χ0v) is 14.0. The van der Waals surface area contributed by atoms with Crippen molar-refractivity contribution in [1.29, 1.82) is 0 Å². The molecular weight excluding hydrogens is 296 g/mol. The summed E-state index contributed by atoms with van der Waals surface area (Å²) >= 11 is 0. The van der Waals surface area contributed by atoms with Crippen LogP contribution in [-0.4, -0.2) is 42.4 Å². The van der Waals surface area contributed by atoms with E-state index in [2.05, 4.69) is 10.6 Å². The summed E-state index contributed by atoms with van der Waals surface area (Å²) in [7, 11) is 1.77. The highest BCUT2D eigenvalue weighted by Gasteiger charge is 2.24. The van der Waals surface area contributed by atoms with E-state index in [1.807, 2.05) is 30.3 Å². The van der Waals surface area contributed by atoms with Gasteiger partial charge in [0.2, 0.25) is 0 Å². The maximum atomic E-state index is 12.0. The lowest BCUT2D eigenvalue weighted by Gasteiger charge is -2.26. The Labute approximate surface area is 137 Å². The van der Waals surface area contributed by atoms with Crippen molar-refractivity contribution >= 4 is 12.1 Å². The molecule has 0 fully saturated rings. The number of carboxylic acid groups (broad SMARTS) is 1. The van der Waals surface area contributed by atoms with Crippen molar-refractivity contribution in [2.45, 2.75) is 44.8 Å². The molecule has 0 heterocycles. The average molecular weight is 322 g/mol. The highest BCUT2D eigenvalue weighted by molar-refractivity contribution is 5.71. The molecule has 0 saturated heterocycles. The Morgan fingerprint density at radius 2 is 1.91 bits per heavy atom. The fourth-order valence-electron chi connectivity index (χ4n) is 2.33. The predicted molar refractivity (Wildman–Crippen MR) is 88.4 cm³/mol. The molecule has 6 heteroatoms. The Morgan fingerprint density at radius 1 is 1.26 bits per heavy atom. The predicted octanol–water partition coefficient (Wildman–Crippen LogP) is 2.19. The van der Waals surface area contributed by atoms with Crippen molar-refractivity contribution < 1.29 is 19.4 Å². The van der Waals surface area contributed by atoms with E-state index >= 15 is 0 Å². The van der Waals surface area contributed by atoms with E-state index in [1.54, 1.807) is 20.9 Å². The summed E-state index contributed by atoms with van der Waals surface area (Å²) in [6.45, 7) is 4.09. The lowest BCUT2D eigenvalue weighted by Crippen LogP contribution is -2.44. The number of rotatable bonds is 9. The van der Waals surface area contributed by atoms with Crippen molar-refractivity contribution in [3.05, 3.63) is 35.9 Å². The van der Waals surface area contributed by atoms with E-state index in [9.17, 15) is 9.59 Å². The fourth-order valence-corrected chi connectivity index (χ4v) is 2.33. The number of alkyl carbamates (subject to hydrolysis) is 1. The molecule has 0 spiro atoms. The first-order chi connectivity index (χ1) is 10.8. The molecular formula is C17H26N2O4. The number of carbonyl (C=O) groups is 2. The van der Waals surface area contributed by atoms with Crippen LogP contribution in [0.2, 0.25) is 0 Å². The second-order valence-corrected chi connectivity index (χ2v) is 6.14. The highest BCUT2D eigenvalue weighted by atomic mass is 16.6. The van der Waals surface area contributed by atoms with Gasteiger partial charge in [0.15, 0.2) is 0 Å².